The van der Waals surface area contributed by atoms with Gasteiger partial charge in [-0.2, -0.15) is 0 Å². The quantitative estimate of drug-likeness (QED) is 0.925. The van der Waals surface area contributed by atoms with Crippen LogP contribution in [0.1, 0.15) is 16.7 Å². The molecule has 0 aliphatic carbocycles. The van der Waals surface area contributed by atoms with Gasteiger partial charge in [-0.15, -0.1) is 0 Å². The van der Waals surface area contributed by atoms with Crippen molar-refractivity contribution in [2.75, 3.05) is 0 Å². The smallest absolute Gasteiger partial charge is 0.137 e. The lowest BCUT2D eigenvalue weighted by molar-refractivity contribution is 0.302. The number of halogens is 2. The highest BCUT2D eigenvalue weighted by molar-refractivity contribution is 9.10. The van der Waals surface area contributed by atoms with E-state index in [4.69, 9.17) is 10.5 Å². The second-order valence-corrected chi connectivity index (χ2v) is 5.21. The molecule has 19 heavy (non-hydrogen) atoms. The average molecular weight is 324 g/mol. The van der Waals surface area contributed by atoms with E-state index in [2.05, 4.69) is 15.9 Å². The number of hydrogen-bond donors (Lipinski definition) is 1. The Balaban J connectivity index is 2.12. The van der Waals surface area contributed by atoms with Gasteiger partial charge in [0.25, 0.3) is 0 Å². The van der Waals surface area contributed by atoms with Crippen molar-refractivity contribution >= 4 is 15.9 Å². The molecule has 0 amide bonds. The lowest BCUT2D eigenvalue weighted by atomic mass is 10.1. The molecule has 0 atom stereocenters. The third-order valence-corrected chi connectivity index (χ3v) is 3.42. The molecule has 2 N–H and O–H groups in total. The Kier molecular flexibility index (Phi) is 4.56. The van der Waals surface area contributed by atoms with Crippen molar-refractivity contribution in [3.05, 3.63) is 63.4 Å². The first-order valence-electron chi connectivity index (χ1n) is 5.96. The molecule has 0 spiro atoms. The summed E-state index contributed by atoms with van der Waals surface area (Å²) in [7, 11) is 0. The van der Waals surface area contributed by atoms with Gasteiger partial charge < -0.3 is 10.5 Å². The molecule has 0 unspecified atom stereocenters. The summed E-state index contributed by atoms with van der Waals surface area (Å²) in [6.45, 7) is 2.83. The van der Waals surface area contributed by atoms with E-state index in [0.717, 1.165) is 22.4 Å². The highest BCUT2D eigenvalue weighted by Gasteiger charge is 2.05. The van der Waals surface area contributed by atoms with Gasteiger partial charge in [0.1, 0.15) is 18.2 Å². The Labute approximate surface area is 120 Å². The molecule has 0 saturated heterocycles. The monoisotopic (exact) mass is 323 g/mol. The number of ether oxygens (including phenoxy) is 1. The van der Waals surface area contributed by atoms with Crippen LogP contribution in [0.2, 0.25) is 0 Å². The zero-order valence-corrected chi connectivity index (χ0v) is 12.2. The van der Waals surface area contributed by atoms with Crippen LogP contribution in [0, 0.1) is 12.7 Å². The van der Waals surface area contributed by atoms with E-state index >= 15 is 0 Å². The maximum atomic E-state index is 13.1. The third kappa shape index (κ3) is 3.55. The van der Waals surface area contributed by atoms with E-state index in [1.807, 2.05) is 25.1 Å². The molecule has 100 valence electrons. The summed E-state index contributed by atoms with van der Waals surface area (Å²) >= 11 is 3.16. The maximum Gasteiger partial charge on any atom is 0.137 e. The lowest BCUT2D eigenvalue weighted by Gasteiger charge is -2.11. The van der Waals surface area contributed by atoms with Gasteiger partial charge >= 0.3 is 0 Å². The second kappa shape index (κ2) is 6.17. The third-order valence-electron chi connectivity index (χ3n) is 2.81. The minimum atomic E-state index is -0.276. The normalized spacial score (nSPS) is 10.5. The van der Waals surface area contributed by atoms with Crippen LogP contribution in [0.4, 0.5) is 4.39 Å². The summed E-state index contributed by atoms with van der Waals surface area (Å²) in [5.41, 5.74) is 8.72. The standard InChI is InChI=1S/C15H15BrFNO/c1-10-2-5-15(12(6-10)8-18)19-9-11-3-4-14(17)13(16)7-11/h2-7H,8-9,18H2,1H3. The average Bonchev–Trinajstić information content (AvgIpc) is 2.41. The molecule has 0 radical (unpaired) electrons. The van der Waals surface area contributed by atoms with Gasteiger partial charge in [0, 0.05) is 12.1 Å². The second-order valence-electron chi connectivity index (χ2n) is 4.35. The Bertz CT molecular complexity index is 586. The lowest BCUT2D eigenvalue weighted by Crippen LogP contribution is -2.03. The molecule has 2 rings (SSSR count). The van der Waals surface area contributed by atoms with E-state index < -0.39 is 0 Å². The number of rotatable bonds is 4. The van der Waals surface area contributed by atoms with Crippen LogP contribution < -0.4 is 10.5 Å². The van der Waals surface area contributed by atoms with E-state index in [9.17, 15) is 4.39 Å². The Hall–Kier alpha value is -1.39. The van der Waals surface area contributed by atoms with E-state index in [1.165, 1.54) is 6.07 Å². The van der Waals surface area contributed by atoms with Crippen molar-refractivity contribution in [2.45, 2.75) is 20.1 Å². The molecular formula is C15H15BrFNO. The van der Waals surface area contributed by atoms with Gasteiger partial charge in [0.2, 0.25) is 0 Å². The minimum Gasteiger partial charge on any atom is -0.489 e. The van der Waals surface area contributed by atoms with Crippen molar-refractivity contribution < 1.29 is 9.13 Å². The van der Waals surface area contributed by atoms with Crippen molar-refractivity contribution in [3.8, 4) is 5.75 Å². The fraction of sp³-hybridized carbons (Fsp3) is 0.200. The number of aryl methyl sites for hydroxylation is 1. The maximum absolute atomic E-state index is 13.1. The molecule has 0 aliphatic rings. The van der Waals surface area contributed by atoms with Gasteiger partial charge in [-0.05, 0) is 46.6 Å². The fourth-order valence-corrected chi connectivity index (χ4v) is 2.23. The molecule has 0 fully saturated rings. The molecule has 2 nitrogen and oxygen atoms in total. The van der Waals surface area contributed by atoms with Gasteiger partial charge in [0.05, 0.1) is 4.47 Å². The summed E-state index contributed by atoms with van der Waals surface area (Å²) < 4.78 is 19.3. The zero-order chi connectivity index (χ0) is 13.8. The van der Waals surface area contributed by atoms with Crippen LogP contribution >= 0.6 is 15.9 Å². The Morgan fingerprint density at radius 3 is 2.68 bits per heavy atom. The zero-order valence-electron chi connectivity index (χ0n) is 10.6. The molecule has 0 saturated carbocycles. The predicted molar refractivity (Wildman–Crippen MR) is 77.5 cm³/mol. The molecular weight excluding hydrogens is 309 g/mol. The Morgan fingerprint density at radius 1 is 1.21 bits per heavy atom. The van der Waals surface area contributed by atoms with Gasteiger partial charge in [-0.1, -0.05) is 23.8 Å². The summed E-state index contributed by atoms with van der Waals surface area (Å²) in [4.78, 5) is 0. The van der Waals surface area contributed by atoms with Crippen LogP contribution in [-0.4, -0.2) is 0 Å². The van der Waals surface area contributed by atoms with Crippen LogP contribution in [0.15, 0.2) is 40.9 Å². The van der Waals surface area contributed by atoms with Crippen LogP contribution in [0.3, 0.4) is 0 Å². The fourth-order valence-electron chi connectivity index (χ4n) is 1.80. The van der Waals surface area contributed by atoms with Crippen molar-refractivity contribution in [1.82, 2.24) is 0 Å². The van der Waals surface area contributed by atoms with Crippen molar-refractivity contribution in [2.24, 2.45) is 5.73 Å². The molecule has 0 aliphatic heterocycles. The topological polar surface area (TPSA) is 35.2 Å². The number of nitrogens with two attached hydrogens (primary N) is 1. The van der Waals surface area contributed by atoms with Crippen molar-refractivity contribution in [3.63, 3.8) is 0 Å². The number of benzene rings is 2. The summed E-state index contributed by atoms with van der Waals surface area (Å²) in [6, 6.07) is 10.7. The van der Waals surface area contributed by atoms with E-state index in [0.29, 0.717) is 17.6 Å². The van der Waals surface area contributed by atoms with E-state index in [-0.39, 0.29) is 5.82 Å². The Morgan fingerprint density at radius 2 is 2.00 bits per heavy atom. The first-order chi connectivity index (χ1) is 9.10. The van der Waals surface area contributed by atoms with Crippen LogP contribution in [0.25, 0.3) is 0 Å². The van der Waals surface area contributed by atoms with Gasteiger partial charge in [-0.25, -0.2) is 4.39 Å². The highest BCUT2D eigenvalue weighted by atomic mass is 79.9. The summed E-state index contributed by atoms with van der Waals surface area (Å²) in [5.74, 6) is 0.496. The van der Waals surface area contributed by atoms with Crippen LogP contribution in [0.5, 0.6) is 5.75 Å². The molecule has 2 aromatic carbocycles. The largest absolute Gasteiger partial charge is 0.489 e. The van der Waals surface area contributed by atoms with Gasteiger partial charge in [0.15, 0.2) is 0 Å². The predicted octanol–water partition coefficient (Wildman–Crippen LogP) is 3.93. The SMILES string of the molecule is Cc1ccc(OCc2ccc(F)c(Br)c2)c(CN)c1. The molecule has 0 heterocycles. The van der Waals surface area contributed by atoms with Crippen LogP contribution in [-0.2, 0) is 13.2 Å². The molecule has 0 bridgehead atoms. The molecule has 0 aromatic heterocycles. The summed E-state index contributed by atoms with van der Waals surface area (Å²) in [6.07, 6.45) is 0. The summed E-state index contributed by atoms with van der Waals surface area (Å²) in [5, 5.41) is 0. The highest BCUT2D eigenvalue weighted by Crippen LogP contribution is 2.22. The van der Waals surface area contributed by atoms with Crippen molar-refractivity contribution in [1.29, 1.82) is 0 Å². The first-order valence-corrected chi connectivity index (χ1v) is 6.76. The number of hydrogen-bond acceptors (Lipinski definition) is 2. The molecule has 2 aromatic rings. The van der Waals surface area contributed by atoms with E-state index in [1.54, 1.807) is 12.1 Å². The minimum absolute atomic E-state index is 0.276. The first kappa shape index (κ1) is 14.0. The van der Waals surface area contributed by atoms with Gasteiger partial charge in [-0.3, -0.25) is 0 Å². The molecule has 4 heteroatoms.